The molecule has 3 nitrogen and oxygen atoms in total. The maximum absolute atomic E-state index is 4.22. The standard InChI is InChI=1S/C11H11N3/c1-2-5-9(6-3-1)11-13-12-10-7-4-8-14(10)11/h1-3,5-6H,4,7-8H2. The van der Waals surface area contributed by atoms with E-state index in [9.17, 15) is 0 Å². The zero-order chi connectivity index (χ0) is 9.38. The summed E-state index contributed by atoms with van der Waals surface area (Å²) in [6.07, 6.45) is 2.27. The molecule has 0 unspecified atom stereocenters. The highest BCUT2D eigenvalue weighted by Crippen LogP contribution is 2.22. The van der Waals surface area contributed by atoms with E-state index < -0.39 is 0 Å². The van der Waals surface area contributed by atoms with E-state index in [4.69, 9.17) is 0 Å². The first-order chi connectivity index (χ1) is 6.95. The van der Waals surface area contributed by atoms with Crippen LogP contribution in [-0.2, 0) is 13.0 Å². The highest BCUT2D eigenvalue weighted by molar-refractivity contribution is 5.55. The molecule has 0 amide bonds. The molecule has 1 aromatic carbocycles. The van der Waals surface area contributed by atoms with Crippen LogP contribution in [0.1, 0.15) is 12.2 Å². The van der Waals surface area contributed by atoms with Gasteiger partial charge in [0.2, 0.25) is 0 Å². The summed E-state index contributed by atoms with van der Waals surface area (Å²) >= 11 is 0. The van der Waals surface area contributed by atoms with E-state index in [1.165, 1.54) is 6.42 Å². The summed E-state index contributed by atoms with van der Waals surface area (Å²) in [4.78, 5) is 0. The summed E-state index contributed by atoms with van der Waals surface area (Å²) in [5, 5.41) is 8.41. The molecule has 0 atom stereocenters. The summed E-state index contributed by atoms with van der Waals surface area (Å²) in [5.41, 5.74) is 1.16. The lowest BCUT2D eigenvalue weighted by atomic mass is 10.2. The number of hydrogen-bond donors (Lipinski definition) is 0. The van der Waals surface area contributed by atoms with Gasteiger partial charge in [-0.05, 0) is 6.42 Å². The molecule has 3 heteroatoms. The molecule has 70 valence electrons. The topological polar surface area (TPSA) is 30.7 Å². The van der Waals surface area contributed by atoms with Gasteiger partial charge in [0, 0.05) is 18.5 Å². The summed E-state index contributed by atoms with van der Waals surface area (Å²) in [6.45, 7) is 1.06. The van der Waals surface area contributed by atoms with E-state index in [1.807, 2.05) is 18.2 Å². The number of aromatic nitrogens is 3. The molecule has 0 N–H and O–H groups in total. The average molecular weight is 185 g/mol. The van der Waals surface area contributed by atoms with Gasteiger partial charge in [0.05, 0.1) is 0 Å². The second-order valence-electron chi connectivity index (χ2n) is 3.56. The van der Waals surface area contributed by atoms with Crippen LogP contribution in [0.15, 0.2) is 30.3 Å². The third kappa shape index (κ3) is 1.05. The van der Waals surface area contributed by atoms with Gasteiger partial charge in [0.25, 0.3) is 0 Å². The fourth-order valence-electron chi connectivity index (χ4n) is 1.95. The fourth-order valence-corrected chi connectivity index (χ4v) is 1.95. The van der Waals surface area contributed by atoms with E-state index in [1.54, 1.807) is 0 Å². The molecule has 0 saturated heterocycles. The summed E-state index contributed by atoms with van der Waals surface area (Å²) < 4.78 is 2.22. The molecule has 2 aromatic rings. The van der Waals surface area contributed by atoms with Gasteiger partial charge >= 0.3 is 0 Å². The molecule has 0 spiro atoms. The first-order valence-electron chi connectivity index (χ1n) is 4.92. The molecule has 1 aromatic heterocycles. The molecule has 1 aliphatic heterocycles. The van der Waals surface area contributed by atoms with E-state index >= 15 is 0 Å². The number of fused-ring (bicyclic) bond motifs is 1. The molecule has 1 aliphatic rings. The van der Waals surface area contributed by atoms with Gasteiger partial charge in [-0.1, -0.05) is 30.3 Å². The highest BCUT2D eigenvalue weighted by Gasteiger charge is 2.17. The van der Waals surface area contributed by atoms with Crippen LogP contribution in [-0.4, -0.2) is 14.8 Å². The van der Waals surface area contributed by atoms with Crippen LogP contribution in [0.2, 0.25) is 0 Å². The first-order valence-corrected chi connectivity index (χ1v) is 4.92. The minimum atomic E-state index is 1.01. The average Bonchev–Trinajstić information content (AvgIpc) is 2.79. The Morgan fingerprint density at radius 1 is 1.07 bits per heavy atom. The fraction of sp³-hybridized carbons (Fsp3) is 0.273. The Hall–Kier alpha value is -1.64. The van der Waals surface area contributed by atoms with Gasteiger partial charge in [-0.2, -0.15) is 0 Å². The molecule has 2 heterocycles. The Morgan fingerprint density at radius 3 is 2.79 bits per heavy atom. The van der Waals surface area contributed by atoms with Gasteiger partial charge in [-0.3, -0.25) is 0 Å². The molecule has 0 aliphatic carbocycles. The number of aryl methyl sites for hydroxylation is 1. The summed E-state index contributed by atoms with van der Waals surface area (Å²) in [6, 6.07) is 10.2. The molecule has 3 rings (SSSR count). The number of rotatable bonds is 1. The molecule has 14 heavy (non-hydrogen) atoms. The Morgan fingerprint density at radius 2 is 1.93 bits per heavy atom. The van der Waals surface area contributed by atoms with Crippen molar-refractivity contribution in [3.63, 3.8) is 0 Å². The van der Waals surface area contributed by atoms with Crippen molar-refractivity contribution in [1.29, 1.82) is 0 Å². The predicted octanol–water partition coefficient (Wildman–Crippen LogP) is 1.89. The van der Waals surface area contributed by atoms with Crippen molar-refractivity contribution in [3.05, 3.63) is 36.2 Å². The lowest BCUT2D eigenvalue weighted by Crippen LogP contribution is -1.95. The third-order valence-electron chi connectivity index (χ3n) is 2.64. The zero-order valence-electron chi connectivity index (χ0n) is 7.85. The Labute approximate surface area is 82.4 Å². The van der Waals surface area contributed by atoms with E-state index in [-0.39, 0.29) is 0 Å². The van der Waals surface area contributed by atoms with Crippen LogP contribution in [0, 0.1) is 0 Å². The van der Waals surface area contributed by atoms with E-state index in [2.05, 4.69) is 26.9 Å². The van der Waals surface area contributed by atoms with Crippen molar-refractivity contribution in [1.82, 2.24) is 14.8 Å². The normalized spacial score (nSPS) is 14.3. The summed E-state index contributed by atoms with van der Waals surface area (Å²) in [5.74, 6) is 2.14. The minimum absolute atomic E-state index is 1.01. The Bertz CT molecular complexity index is 445. The molecular weight excluding hydrogens is 174 g/mol. The lowest BCUT2D eigenvalue weighted by molar-refractivity contribution is 0.748. The van der Waals surface area contributed by atoms with Crippen molar-refractivity contribution in [2.45, 2.75) is 19.4 Å². The Balaban J connectivity index is 2.13. The maximum atomic E-state index is 4.22. The predicted molar refractivity (Wildman–Crippen MR) is 53.8 cm³/mol. The molecule has 0 radical (unpaired) electrons. The monoisotopic (exact) mass is 185 g/mol. The number of benzene rings is 1. The van der Waals surface area contributed by atoms with Gasteiger partial charge in [0.15, 0.2) is 5.82 Å². The summed E-state index contributed by atoms with van der Waals surface area (Å²) in [7, 11) is 0. The van der Waals surface area contributed by atoms with Crippen LogP contribution in [0.3, 0.4) is 0 Å². The van der Waals surface area contributed by atoms with Crippen molar-refractivity contribution in [3.8, 4) is 11.4 Å². The van der Waals surface area contributed by atoms with E-state index in [0.29, 0.717) is 0 Å². The first kappa shape index (κ1) is 7.74. The minimum Gasteiger partial charge on any atom is -0.311 e. The molecule has 0 fully saturated rings. The highest BCUT2D eigenvalue weighted by atomic mass is 15.3. The zero-order valence-corrected chi connectivity index (χ0v) is 7.85. The van der Waals surface area contributed by atoms with Crippen molar-refractivity contribution in [2.75, 3.05) is 0 Å². The lowest BCUT2D eigenvalue weighted by Gasteiger charge is -2.01. The second kappa shape index (κ2) is 2.94. The Kier molecular flexibility index (Phi) is 1.63. The molecule has 0 saturated carbocycles. The molecule has 0 bridgehead atoms. The van der Waals surface area contributed by atoms with Crippen LogP contribution in [0.4, 0.5) is 0 Å². The number of nitrogens with zero attached hydrogens (tertiary/aromatic N) is 3. The van der Waals surface area contributed by atoms with Gasteiger partial charge in [-0.25, -0.2) is 0 Å². The number of hydrogen-bond acceptors (Lipinski definition) is 2. The van der Waals surface area contributed by atoms with Crippen LogP contribution < -0.4 is 0 Å². The smallest absolute Gasteiger partial charge is 0.163 e. The SMILES string of the molecule is c1ccc(-c2nnc3n2CCC3)cc1. The van der Waals surface area contributed by atoms with E-state index in [0.717, 1.165) is 30.2 Å². The van der Waals surface area contributed by atoms with Gasteiger partial charge in [0.1, 0.15) is 5.82 Å². The second-order valence-corrected chi connectivity index (χ2v) is 3.56. The van der Waals surface area contributed by atoms with Crippen molar-refractivity contribution in [2.24, 2.45) is 0 Å². The van der Waals surface area contributed by atoms with Crippen molar-refractivity contribution >= 4 is 0 Å². The van der Waals surface area contributed by atoms with Crippen molar-refractivity contribution < 1.29 is 0 Å². The van der Waals surface area contributed by atoms with Crippen LogP contribution >= 0.6 is 0 Å². The third-order valence-corrected chi connectivity index (χ3v) is 2.64. The maximum Gasteiger partial charge on any atom is 0.163 e. The van der Waals surface area contributed by atoms with Gasteiger partial charge in [-0.15, -0.1) is 10.2 Å². The van der Waals surface area contributed by atoms with Crippen LogP contribution in [0.5, 0.6) is 0 Å². The largest absolute Gasteiger partial charge is 0.311 e. The van der Waals surface area contributed by atoms with Crippen LogP contribution in [0.25, 0.3) is 11.4 Å². The quantitative estimate of drug-likeness (QED) is 0.679. The van der Waals surface area contributed by atoms with Gasteiger partial charge < -0.3 is 4.57 Å². The molecular formula is C11H11N3.